The Balaban J connectivity index is 1.82. The van der Waals surface area contributed by atoms with Gasteiger partial charge in [0.25, 0.3) is 0 Å². The summed E-state index contributed by atoms with van der Waals surface area (Å²) >= 11 is 1.78. The molecule has 3 nitrogen and oxygen atoms in total. The minimum absolute atomic E-state index is 0.114. The minimum Gasteiger partial charge on any atom is -0.372 e. The average Bonchev–Trinajstić information content (AvgIpc) is 2.94. The van der Waals surface area contributed by atoms with E-state index in [4.69, 9.17) is 0 Å². The molecule has 1 aliphatic heterocycles. The number of hydrogen-bond donors (Lipinski definition) is 1. The number of thioether (sulfide) groups is 1. The average molecular weight is 278 g/mol. The van der Waals surface area contributed by atoms with E-state index < -0.39 is 0 Å². The van der Waals surface area contributed by atoms with Crippen molar-refractivity contribution in [3.63, 3.8) is 0 Å². The van der Waals surface area contributed by atoms with E-state index in [1.165, 1.54) is 18.5 Å². The molecule has 4 heteroatoms. The van der Waals surface area contributed by atoms with Crippen molar-refractivity contribution < 1.29 is 4.79 Å². The number of carbonyl (C=O) groups excluding carboxylic acids is 1. The fourth-order valence-electron chi connectivity index (χ4n) is 2.33. The molecule has 0 spiro atoms. The molecule has 0 atom stereocenters. The quantitative estimate of drug-likeness (QED) is 0.810. The third kappa shape index (κ3) is 4.46. The van der Waals surface area contributed by atoms with Crippen molar-refractivity contribution in [3.8, 4) is 0 Å². The number of amides is 1. The Bertz CT molecular complexity index is 399. The van der Waals surface area contributed by atoms with Crippen LogP contribution in [0.3, 0.4) is 0 Å². The predicted molar refractivity (Wildman–Crippen MR) is 84.1 cm³/mol. The molecule has 1 aliphatic rings. The van der Waals surface area contributed by atoms with E-state index in [1.807, 2.05) is 12.1 Å². The van der Waals surface area contributed by atoms with Crippen LogP contribution in [0.4, 0.5) is 11.4 Å². The summed E-state index contributed by atoms with van der Waals surface area (Å²) in [5.41, 5.74) is 2.16. The van der Waals surface area contributed by atoms with Crippen molar-refractivity contribution in [2.45, 2.75) is 25.7 Å². The van der Waals surface area contributed by atoms with Gasteiger partial charge in [-0.25, -0.2) is 0 Å². The second-order valence-corrected chi connectivity index (χ2v) is 5.87. The highest BCUT2D eigenvalue weighted by Crippen LogP contribution is 2.22. The van der Waals surface area contributed by atoms with Gasteiger partial charge in [-0.1, -0.05) is 0 Å². The summed E-state index contributed by atoms with van der Waals surface area (Å²) < 4.78 is 0. The lowest BCUT2D eigenvalue weighted by atomic mass is 10.2. The minimum atomic E-state index is 0.114. The Kier molecular flexibility index (Phi) is 5.58. The molecular formula is C15H22N2OS. The number of nitrogens with one attached hydrogen (secondary N) is 1. The molecule has 0 radical (unpaired) electrons. The van der Waals surface area contributed by atoms with Crippen molar-refractivity contribution in [1.82, 2.24) is 0 Å². The van der Waals surface area contributed by atoms with Gasteiger partial charge in [0.15, 0.2) is 0 Å². The van der Waals surface area contributed by atoms with Gasteiger partial charge in [-0.2, -0.15) is 11.8 Å². The largest absolute Gasteiger partial charge is 0.372 e. The molecule has 2 rings (SSSR count). The Labute approximate surface area is 119 Å². The zero-order valence-corrected chi connectivity index (χ0v) is 12.3. The maximum absolute atomic E-state index is 11.7. The van der Waals surface area contributed by atoms with Gasteiger partial charge in [-0.15, -0.1) is 0 Å². The lowest BCUT2D eigenvalue weighted by molar-refractivity contribution is -0.116. The molecular weight excluding hydrogens is 256 g/mol. The molecule has 1 aromatic rings. The van der Waals surface area contributed by atoms with E-state index >= 15 is 0 Å². The zero-order valence-electron chi connectivity index (χ0n) is 11.5. The highest BCUT2D eigenvalue weighted by atomic mass is 32.2. The molecule has 1 heterocycles. The Morgan fingerprint density at radius 1 is 1.26 bits per heavy atom. The molecule has 1 amide bonds. The van der Waals surface area contributed by atoms with Crippen LogP contribution < -0.4 is 10.2 Å². The van der Waals surface area contributed by atoms with Gasteiger partial charge in [-0.05, 0) is 55.5 Å². The summed E-state index contributed by atoms with van der Waals surface area (Å²) in [5.74, 6) is 1.16. The van der Waals surface area contributed by atoms with Crippen molar-refractivity contribution in [2.24, 2.45) is 0 Å². The molecule has 1 saturated heterocycles. The number of benzene rings is 1. The maximum atomic E-state index is 11.7. The first-order valence-electron chi connectivity index (χ1n) is 6.93. The van der Waals surface area contributed by atoms with Crippen LogP contribution in [0.2, 0.25) is 0 Å². The molecule has 0 aliphatic carbocycles. The summed E-state index contributed by atoms with van der Waals surface area (Å²) in [5, 5.41) is 2.95. The SMILES string of the molecule is CSCCCC(=O)Nc1ccc(N2CCCC2)cc1. The zero-order chi connectivity index (χ0) is 13.5. The van der Waals surface area contributed by atoms with Crippen LogP contribution in [-0.4, -0.2) is 31.0 Å². The van der Waals surface area contributed by atoms with Gasteiger partial charge in [0.1, 0.15) is 0 Å². The van der Waals surface area contributed by atoms with Gasteiger partial charge in [0.05, 0.1) is 0 Å². The Morgan fingerprint density at radius 2 is 1.95 bits per heavy atom. The van der Waals surface area contributed by atoms with E-state index in [9.17, 15) is 4.79 Å². The number of carbonyl (C=O) groups is 1. The van der Waals surface area contributed by atoms with Crippen molar-refractivity contribution in [1.29, 1.82) is 0 Å². The number of rotatable bonds is 6. The molecule has 104 valence electrons. The fourth-order valence-corrected chi connectivity index (χ4v) is 2.76. The summed E-state index contributed by atoms with van der Waals surface area (Å²) in [7, 11) is 0. The maximum Gasteiger partial charge on any atom is 0.224 e. The lowest BCUT2D eigenvalue weighted by Gasteiger charge is -2.17. The lowest BCUT2D eigenvalue weighted by Crippen LogP contribution is -2.17. The molecule has 19 heavy (non-hydrogen) atoms. The van der Waals surface area contributed by atoms with Crippen LogP contribution >= 0.6 is 11.8 Å². The first-order valence-corrected chi connectivity index (χ1v) is 8.33. The highest BCUT2D eigenvalue weighted by molar-refractivity contribution is 7.98. The van der Waals surface area contributed by atoms with E-state index in [0.29, 0.717) is 6.42 Å². The summed E-state index contributed by atoms with van der Waals surface area (Å²) in [6.07, 6.45) is 6.18. The molecule has 0 unspecified atom stereocenters. The highest BCUT2D eigenvalue weighted by Gasteiger charge is 2.11. The monoisotopic (exact) mass is 278 g/mol. The van der Waals surface area contributed by atoms with Crippen LogP contribution in [-0.2, 0) is 4.79 Å². The van der Waals surface area contributed by atoms with E-state index in [0.717, 1.165) is 31.0 Å². The van der Waals surface area contributed by atoms with Crippen molar-refractivity contribution in [3.05, 3.63) is 24.3 Å². The summed E-state index contributed by atoms with van der Waals surface area (Å²) in [6, 6.07) is 8.20. The normalized spacial score (nSPS) is 14.7. The topological polar surface area (TPSA) is 32.3 Å². The van der Waals surface area contributed by atoms with Crippen LogP contribution in [0.5, 0.6) is 0 Å². The van der Waals surface area contributed by atoms with Gasteiger partial charge in [0.2, 0.25) is 5.91 Å². The molecule has 0 saturated carbocycles. The Morgan fingerprint density at radius 3 is 2.58 bits per heavy atom. The fraction of sp³-hybridized carbons (Fsp3) is 0.533. The van der Waals surface area contributed by atoms with Gasteiger partial charge >= 0.3 is 0 Å². The van der Waals surface area contributed by atoms with E-state index in [1.54, 1.807) is 11.8 Å². The Hall–Kier alpha value is -1.16. The van der Waals surface area contributed by atoms with Gasteiger partial charge in [-0.3, -0.25) is 4.79 Å². The number of hydrogen-bond acceptors (Lipinski definition) is 3. The molecule has 0 aromatic heterocycles. The van der Waals surface area contributed by atoms with Crippen LogP contribution in [0.25, 0.3) is 0 Å². The summed E-state index contributed by atoms with van der Waals surface area (Å²) in [6.45, 7) is 2.31. The van der Waals surface area contributed by atoms with Gasteiger partial charge in [0, 0.05) is 30.9 Å². The molecule has 1 fully saturated rings. The first-order chi connectivity index (χ1) is 9.29. The van der Waals surface area contributed by atoms with Crippen LogP contribution in [0.1, 0.15) is 25.7 Å². The second-order valence-electron chi connectivity index (χ2n) is 4.89. The number of anilines is 2. The third-order valence-electron chi connectivity index (χ3n) is 3.37. The molecule has 1 aromatic carbocycles. The first kappa shape index (κ1) is 14.3. The standard InChI is InChI=1S/C15H22N2OS/c1-19-12-4-5-15(18)16-13-6-8-14(9-7-13)17-10-2-3-11-17/h6-9H,2-5,10-12H2,1H3,(H,16,18). The molecule has 1 N–H and O–H groups in total. The smallest absolute Gasteiger partial charge is 0.224 e. The van der Waals surface area contributed by atoms with Crippen LogP contribution in [0.15, 0.2) is 24.3 Å². The second kappa shape index (κ2) is 7.43. The molecule has 0 bridgehead atoms. The number of nitrogens with zero attached hydrogens (tertiary/aromatic N) is 1. The van der Waals surface area contributed by atoms with Crippen molar-refractivity contribution in [2.75, 3.05) is 35.3 Å². The predicted octanol–water partition coefficient (Wildman–Crippen LogP) is 3.37. The van der Waals surface area contributed by atoms with E-state index in [2.05, 4.69) is 28.6 Å². The van der Waals surface area contributed by atoms with Crippen LogP contribution in [0, 0.1) is 0 Å². The van der Waals surface area contributed by atoms with Crippen molar-refractivity contribution >= 4 is 29.0 Å². The summed E-state index contributed by atoms with van der Waals surface area (Å²) in [4.78, 5) is 14.1. The third-order valence-corrected chi connectivity index (χ3v) is 4.07. The van der Waals surface area contributed by atoms with Gasteiger partial charge < -0.3 is 10.2 Å². The van der Waals surface area contributed by atoms with E-state index in [-0.39, 0.29) is 5.91 Å².